The van der Waals surface area contributed by atoms with Crippen molar-refractivity contribution in [2.75, 3.05) is 26.2 Å². The lowest BCUT2D eigenvalue weighted by atomic mass is 9.90. The maximum absolute atomic E-state index is 14.4. The molecule has 0 aromatic heterocycles. The van der Waals surface area contributed by atoms with E-state index in [2.05, 4.69) is 64.9 Å². The first-order chi connectivity index (χ1) is 23.3. The van der Waals surface area contributed by atoms with Crippen LogP contribution in [-0.4, -0.2) is 77.2 Å². The van der Waals surface area contributed by atoms with Gasteiger partial charge in [0.15, 0.2) is 5.96 Å². The molecule has 5 rings (SSSR count). The van der Waals surface area contributed by atoms with Gasteiger partial charge in [-0.2, -0.15) is 0 Å². The minimum Gasteiger partial charge on any atom is -0.465 e. The summed E-state index contributed by atoms with van der Waals surface area (Å²) < 4.78 is 0. The molecule has 1 aliphatic rings. The Kier molecular flexibility index (Phi) is 12.0. The Hall–Kier alpha value is -4.89. The Morgan fingerprint density at radius 2 is 1.60 bits per heavy atom. The first kappa shape index (κ1) is 34.4. The van der Waals surface area contributed by atoms with Gasteiger partial charge in [-0.25, -0.2) is 4.79 Å². The molecule has 9 nitrogen and oxygen atoms in total. The average Bonchev–Trinajstić information content (AvgIpc) is 3.25. The molecule has 0 radical (unpaired) electrons. The number of nitrogens with two attached hydrogens (primary N) is 2. The summed E-state index contributed by atoms with van der Waals surface area (Å²) in [6, 6.07) is 34.0. The number of aliphatic imine (C=N–C) groups is 1. The van der Waals surface area contributed by atoms with Gasteiger partial charge in [0.25, 0.3) is 0 Å². The monoisotopic (exact) mass is 648 g/mol. The third-order valence-corrected chi connectivity index (χ3v) is 9.32. The summed E-state index contributed by atoms with van der Waals surface area (Å²) >= 11 is 0. The number of hydrogen-bond acceptors (Lipinski definition) is 4. The Balaban J connectivity index is 1.48. The zero-order valence-electron chi connectivity index (χ0n) is 27.7. The molecule has 0 aliphatic carbocycles. The standard InChI is InChI=1S/C39H48N6O3/c1-2-23-45(39(47)48)36(26-28-19-20-29-12-9-10-17-32(29)25-28)34-21-24-44(37(46)35(43-34)18-11-22-42-38(40)41)27-33(30-13-5-3-6-14-30)31-15-7-4-8-16-31/h3-10,12-17,19-20,25,33-36,43H,2,11,18,21-24,26-27H2,1H3,(H,47,48)(H4,40,41,42)/t34-,35-,36-/m0/s1. The number of guanidine groups is 1. The van der Waals surface area contributed by atoms with E-state index in [1.54, 1.807) is 4.90 Å². The van der Waals surface area contributed by atoms with E-state index in [0.29, 0.717) is 58.3 Å². The van der Waals surface area contributed by atoms with E-state index < -0.39 is 12.1 Å². The van der Waals surface area contributed by atoms with E-state index in [0.717, 1.165) is 27.5 Å². The summed E-state index contributed by atoms with van der Waals surface area (Å²) in [6.07, 6.45) is 2.01. The van der Waals surface area contributed by atoms with Gasteiger partial charge in [-0.3, -0.25) is 9.79 Å². The SMILES string of the molecule is CCCN(C(=O)O)[C@@H](Cc1ccc2ccccc2c1)[C@@H]1CCN(CC(c2ccccc2)c2ccccc2)C(=O)[C@H](CCCN=C(N)N)N1. The van der Waals surface area contributed by atoms with Gasteiger partial charge in [0.1, 0.15) is 0 Å². The molecule has 48 heavy (non-hydrogen) atoms. The highest BCUT2D eigenvalue weighted by Crippen LogP contribution is 2.28. The van der Waals surface area contributed by atoms with Gasteiger partial charge in [-0.1, -0.05) is 110 Å². The molecule has 1 fully saturated rings. The van der Waals surface area contributed by atoms with Crippen LogP contribution in [0.15, 0.2) is 108 Å². The van der Waals surface area contributed by atoms with Crippen LogP contribution in [0.3, 0.4) is 0 Å². The smallest absolute Gasteiger partial charge is 0.407 e. The number of hydrogen-bond donors (Lipinski definition) is 4. The van der Waals surface area contributed by atoms with Crippen molar-refractivity contribution in [1.29, 1.82) is 0 Å². The third kappa shape index (κ3) is 8.92. The summed E-state index contributed by atoms with van der Waals surface area (Å²) in [5.41, 5.74) is 14.5. The Labute approximate surface area is 283 Å². The van der Waals surface area contributed by atoms with Crippen LogP contribution >= 0.6 is 0 Å². The molecule has 9 heteroatoms. The normalized spacial score (nSPS) is 17.2. The van der Waals surface area contributed by atoms with Crippen LogP contribution in [0.2, 0.25) is 0 Å². The molecule has 0 saturated carbocycles. The molecule has 4 aromatic rings. The highest BCUT2D eigenvalue weighted by molar-refractivity contribution is 5.83. The van der Waals surface area contributed by atoms with Crippen LogP contribution in [0.4, 0.5) is 4.79 Å². The summed E-state index contributed by atoms with van der Waals surface area (Å²) in [4.78, 5) is 34.9. The lowest BCUT2D eigenvalue weighted by molar-refractivity contribution is -0.133. The molecule has 3 atom stereocenters. The van der Waals surface area contributed by atoms with Gasteiger partial charge in [-0.05, 0) is 59.6 Å². The highest BCUT2D eigenvalue weighted by Gasteiger charge is 2.38. The molecule has 252 valence electrons. The lowest BCUT2D eigenvalue weighted by Crippen LogP contribution is -2.56. The van der Waals surface area contributed by atoms with Crippen LogP contribution in [0.1, 0.15) is 55.2 Å². The fraction of sp³-hybridized carbons (Fsp3) is 0.359. The quantitative estimate of drug-likeness (QED) is 0.0800. The zero-order chi connectivity index (χ0) is 33.9. The number of carboxylic acid groups (broad SMARTS) is 1. The topological polar surface area (TPSA) is 137 Å². The van der Waals surface area contributed by atoms with Gasteiger partial charge in [0.05, 0.1) is 12.1 Å². The Bertz CT molecular complexity index is 1620. The van der Waals surface area contributed by atoms with E-state index in [9.17, 15) is 14.7 Å². The number of nitrogens with one attached hydrogen (secondary N) is 1. The second kappa shape index (κ2) is 16.8. The van der Waals surface area contributed by atoms with Crippen molar-refractivity contribution in [3.8, 4) is 0 Å². The van der Waals surface area contributed by atoms with Crippen LogP contribution in [-0.2, 0) is 11.2 Å². The summed E-state index contributed by atoms with van der Waals surface area (Å²) in [5.74, 6) is 0.0235. The first-order valence-electron chi connectivity index (χ1n) is 17.0. The molecular formula is C39H48N6O3. The molecule has 6 N–H and O–H groups in total. The summed E-state index contributed by atoms with van der Waals surface area (Å²) in [6.45, 7) is 3.83. The number of fused-ring (bicyclic) bond motifs is 1. The molecular weight excluding hydrogens is 600 g/mol. The molecule has 0 spiro atoms. The maximum atomic E-state index is 14.4. The predicted octanol–water partition coefficient (Wildman–Crippen LogP) is 5.59. The van der Waals surface area contributed by atoms with Crippen LogP contribution < -0.4 is 16.8 Å². The van der Waals surface area contributed by atoms with Crippen molar-refractivity contribution in [2.45, 2.75) is 63.1 Å². The molecule has 1 saturated heterocycles. The zero-order valence-corrected chi connectivity index (χ0v) is 27.7. The van der Waals surface area contributed by atoms with E-state index in [-0.39, 0.29) is 29.9 Å². The highest BCUT2D eigenvalue weighted by atomic mass is 16.4. The molecule has 1 heterocycles. The average molecular weight is 649 g/mol. The number of carbonyl (C=O) groups excluding carboxylic acids is 1. The minimum atomic E-state index is -0.950. The molecule has 0 unspecified atom stereocenters. The molecule has 1 aliphatic heterocycles. The minimum absolute atomic E-state index is 0.0146. The second-order valence-electron chi connectivity index (χ2n) is 12.7. The van der Waals surface area contributed by atoms with Crippen molar-refractivity contribution in [1.82, 2.24) is 15.1 Å². The van der Waals surface area contributed by atoms with E-state index >= 15 is 0 Å². The van der Waals surface area contributed by atoms with E-state index in [1.807, 2.05) is 60.4 Å². The third-order valence-electron chi connectivity index (χ3n) is 9.32. The van der Waals surface area contributed by atoms with E-state index in [4.69, 9.17) is 11.5 Å². The van der Waals surface area contributed by atoms with Gasteiger partial charge >= 0.3 is 6.09 Å². The lowest BCUT2D eigenvalue weighted by Gasteiger charge is -2.36. The molecule has 0 bridgehead atoms. The van der Waals surface area contributed by atoms with Crippen molar-refractivity contribution in [2.24, 2.45) is 16.5 Å². The van der Waals surface area contributed by atoms with Crippen molar-refractivity contribution < 1.29 is 14.7 Å². The summed E-state index contributed by atoms with van der Waals surface area (Å²) in [7, 11) is 0. The van der Waals surface area contributed by atoms with Gasteiger partial charge in [-0.15, -0.1) is 0 Å². The Morgan fingerprint density at radius 3 is 2.23 bits per heavy atom. The van der Waals surface area contributed by atoms with Crippen LogP contribution in [0.25, 0.3) is 10.8 Å². The fourth-order valence-corrected chi connectivity index (χ4v) is 6.95. The van der Waals surface area contributed by atoms with Crippen molar-refractivity contribution in [3.05, 3.63) is 120 Å². The maximum Gasteiger partial charge on any atom is 0.407 e. The predicted molar refractivity (Wildman–Crippen MR) is 193 cm³/mol. The first-order valence-corrected chi connectivity index (χ1v) is 17.0. The number of rotatable bonds is 14. The second-order valence-corrected chi connectivity index (χ2v) is 12.7. The number of nitrogens with zero attached hydrogens (tertiary/aromatic N) is 3. The summed E-state index contributed by atoms with van der Waals surface area (Å²) in [5, 5.41) is 16.4. The van der Waals surface area contributed by atoms with E-state index in [1.165, 1.54) is 0 Å². The largest absolute Gasteiger partial charge is 0.465 e. The number of amides is 2. The number of benzene rings is 4. The van der Waals surface area contributed by atoms with Crippen LogP contribution in [0.5, 0.6) is 0 Å². The van der Waals surface area contributed by atoms with Crippen molar-refractivity contribution >= 4 is 28.7 Å². The van der Waals surface area contributed by atoms with Crippen molar-refractivity contribution in [3.63, 3.8) is 0 Å². The van der Waals surface area contributed by atoms with Gasteiger partial charge in [0, 0.05) is 38.1 Å². The fourth-order valence-electron chi connectivity index (χ4n) is 6.95. The molecule has 4 aromatic carbocycles. The van der Waals surface area contributed by atoms with Gasteiger partial charge < -0.3 is 31.7 Å². The number of carbonyl (C=O) groups is 2. The Morgan fingerprint density at radius 1 is 0.958 bits per heavy atom. The van der Waals surface area contributed by atoms with Crippen LogP contribution in [0, 0.1) is 0 Å². The van der Waals surface area contributed by atoms with Gasteiger partial charge in [0.2, 0.25) is 5.91 Å². The molecule has 2 amide bonds.